The lowest BCUT2D eigenvalue weighted by atomic mass is 10.1. The van der Waals surface area contributed by atoms with E-state index >= 15 is 0 Å². The van der Waals surface area contributed by atoms with E-state index in [-0.39, 0.29) is 19.0 Å². The first-order valence-electron chi connectivity index (χ1n) is 9.57. The fourth-order valence-corrected chi connectivity index (χ4v) is 3.36. The number of amides is 1. The highest BCUT2D eigenvalue weighted by molar-refractivity contribution is 5.81. The standard InChI is InChI=1S/C23H21N3O4/c1-15-9-10-17(12-16(15)2)26-22(28)19-7-3-4-8-20(19)25(23(26)29)14-21(27)24-13-18-6-5-11-30-18/h3-12H,13-14H2,1-2H3,(H,24,27). The van der Waals surface area contributed by atoms with E-state index in [0.29, 0.717) is 22.4 Å². The van der Waals surface area contributed by atoms with E-state index in [1.54, 1.807) is 48.5 Å². The van der Waals surface area contributed by atoms with Crippen LogP contribution in [0, 0.1) is 13.8 Å². The highest BCUT2D eigenvalue weighted by Gasteiger charge is 2.16. The normalized spacial score (nSPS) is 11.0. The Bertz CT molecular complexity index is 1350. The number of carbonyl (C=O) groups excluding carboxylic acids is 1. The summed E-state index contributed by atoms with van der Waals surface area (Å²) in [5.41, 5.74) is 1.95. The molecule has 4 aromatic rings. The summed E-state index contributed by atoms with van der Waals surface area (Å²) in [4.78, 5) is 38.9. The first-order chi connectivity index (χ1) is 14.5. The van der Waals surface area contributed by atoms with E-state index in [2.05, 4.69) is 5.32 Å². The van der Waals surface area contributed by atoms with E-state index in [9.17, 15) is 14.4 Å². The van der Waals surface area contributed by atoms with Gasteiger partial charge in [-0.15, -0.1) is 0 Å². The minimum absolute atomic E-state index is 0.217. The van der Waals surface area contributed by atoms with Gasteiger partial charge >= 0.3 is 5.69 Å². The average Bonchev–Trinajstić information content (AvgIpc) is 3.26. The van der Waals surface area contributed by atoms with E-state index in [1.807, 2.05) is 19.9 Å². The molecule has 4 rings (SSSR count). The van der Waals surface area contributed by atoms with Crippen molar-refractivity contribution in [3.63, 3.8) is 0 Å². The molecule has 0 unspecified atom stereocenters. The van der Waals surface area contributed by atoms with Crippen molar-refractivity contribution in [1.29, 1.82) is 0 Å². The van der Waals surface area contributed by atoms with Crippen LogP contribution in [0.15, 0.2) is 74.9 Å². The molecule has 0 aliphatic rings. The first kappa shape index (κ1) is 19.4. The number of carbonyl (C=O) groups is 1. The Kier molecular flexibility index (Phi) is 5.10. The number of nitrogens with zero attached hydrogens (tertiary/aromatic N) is 2. The van der Waals surface area contributed by atoms with Crippen molar-refractivity contribution < 1.29 is 9.21 Å². The fraction of sp³-hybridized carbons (Fsp3) is 0.174. The lowest BCUT2D eigenvalue weighted by Crippen LogP contribution is -2.41. The Morgan fingerprint density at radius 3 is 2.53 bits per heavy atom. The van der Waals surface area contributed by atoms with Crippen LogP contribution in [0.3, 0.4) is 0 Å². The Balaban J connectivity index is 1.80. The third-order valence-corrected chi connectivity index (χ3v) is 5.14. The zero-order valence-electron chi connectivity index (χ0n) is 16.7. The van der Waals surface area contributed by atoms with Crippen molar-refractivity contribution >= 4 is 16.8 Å². The average molecular weight is 403 g/mol. The Hall–Kier alpha value is -3.87. The van der Waals surface area contributed by atoms with Gasteiger partial charge in [0.05, 0.1) is 29.4 Å². The number of fused-ring (bicyclic) bond motifs is 1. The van der Waals surface area contributed by atoms with Crippen LogP contribution in [0.5, 0.6) is 0 Å². The van der Waals surface area contributed by atoms with Gasteiger partial charge in [0, 0.05) is 0 Å². The Labute approximate surface area is 172 Å². The molecule has 0 saturated heterocycles. The summed E-state index contributed by atoms with van der Waals surface area (Å²) < 4.78 is 7.66. The number of rotatable bonds is 5. The van der Waals surface area contributed by atoms with Crippen LogP contribution in [-0.4, -0.2) is 15.0 Å². The van der Waals surface area contributed by atoms with Gasteiger partial charge < -0.3 is 9.73 Å². The van der Waals surface area contributed by atoms with Crippen LogP contribution in [-0.2, 0) is 17.9 Å². The highest BCUT2D eigenvalue weighted by atomic mass is 16.3. The minimum Gasteiger partial charge on any atom is -0.467 e. The maximum atomic E-state index is 13.3. The van der Waals surface area contributed by atoms with Gasteiger partial charge in [0.1, 0.15) is 12.3 Å². The number of benzene rings is 2. The van der Waals surface area contributed by atoms with Crippen LogP contribution < -0.4 is 16.6 Å². The predicted octanol–water partition coefficient (Wildman–Crippen LogP) is 2.68. The number of nitrogens with one attached hydrogen (secondary N) is 1. The molecule has 0 bridgehead atoms. The summed E-state index contributed by atoms with van der Waals surface area (Å²) in [5, 5.41) is 3.11. The van der Waals surface area contributed by atoms with Crippen molar-refractivity contribution in [2.75, 3.05) is 0 Å². The van der Waals surface area contributed by atoms with Gasteiger partial charge in [0.15, 0.2) is 0 Å². The summed E-state index contributed by atoms with van der Waals surface area (Å²) in [6.07, 6.45) is 1.53. The van der Waals surface area contributed by atoms with E-state index < -0.39 is 11.2 Å². The smallest absolute Gasteiger partial charge is 0.336 e. The van der Waals surface area contributed by atoms with Crippen molar-refractivity contribution in [1.82, 2.24) is 14.5 Å². The molecule has 2 aromatic carbocycles. The highest BCUT2D eigenvalue weighted by Crippen LogP contribution is 2.14. The second kappa shape index (κ2) is 7.87. The minimum atomic E-state index is -0.560. The third kappa shape index (κ3) is 3.57. The molecule has 0 fully saturated rings. The SMILES string of the molecule is Cc1ccc(-n2c(=O)c3ccccc3n(CC(=O)NCc3ccco3)c2=O)cc1C. The van der Waals surface area contributed by atoms with Gasteiger partial charge in [0.25, 0.3) is 5.56 Å². The monoisotopic (exact) mass is 403 g/mol. The predicted molar refractivity (Wildman–Crippen MR) is 114 cm³/mol. The molecule has 0 spiro atoms. The lowest BCUT2D eigenvalue weighted by Gasteiger charge is -2.15. The summed E-state index contributed by atoms with van der Waals surface area (Å²) in [5.74, 6) is 0.254. The summed E-state index contributed by atoms with van der Waals surface area (Å²) >= 11 is 0. The number of hydrogen-bond donors (Lipinski definition) is 1. The molecule has 0 aliphatic heterocycles. The van der Waals surface area contributed by atoms with Crippen molar-refractivity contribution in [2.24, 2.45) is 0 Å². The molecule has 7 heteroatoms. The van der Waals surface area contributed by atoms with Crippen LogP contribution in [0.1, 0.15) is 16.9 Å². The van der Waals surface area contributed by atoms with Gasteiger partial charge in [-0.25, -0.2) is 9.36 Å². The second-order valence-corrected chi connectivity index (χ2v) is 7.15. The second-order valence-electron chi connectivity index (χ2n) is 7.15. The molecular weight excluding hydrogens is 382 g/mol. The molecule has 0 atom stereocenters. The van der Waals surface area contributed by atoms with Crippen LogP contribution in [0.25, 0.3) is 16.6 Å². The van der Waals surface area contributed by atoms with Gasteiger partial charge in [-0.2, -0.15) is 0 Å². The molecule has 0 saturated carbocycles. The number of furan rings is 1. The molecule has 0 radical (unpaired) electrons. The van der Waals surface area contributed by atoms with Gasteiger partial charge in [-0.3, -0.25) is 14.2 Å². The van der Waals surface area contributed by atoms with Gasteiger partial charge in [-0.05, 0) is 61.4 Å². The third-order valence-electron chi connectivity index (χ3n) is 5.14. The molecular formula is C23H21N3O4. The van der Waals surface area contributed by atoms with Crippen molar-refractivity contribution in [3.05, 3.63) is 98.6 Å². The molecule has 7 nitrogen and oxygen atoms in total. The van der Waals surface area contributed by atoms with E-state index in [0.717, 1.165) is 15.7 Å². The van der Waals surface area contributed by atoms with Gasteiger partial charge in [0.2, 0.25) is 5.91 Å². The van der Waals surface area contributed by atoms with Crippen molar-refractivity contribution in [2.45, 2.75) is 26.9 Å². The molecule has 2 heterocycles. The molecule has 30 heavy (non-hydrogen) atoms. The molecule has 152 valence electrons. The summed E-state index contributed by atoms with van der Waals surface area (Å²) in [7, 11) is 0. The van der Waals surface area contributed by atoms with E-state index in [1.165, 1.54) is 10.8 Å². The molecule has 2 aromatic heterocycles. The number of hydrogen-bond acceptors (Lipinski definition) is 4. The number of para-hydroxylation sites is 1. The van der Waals surface area contributed by atoms with Crippen molar-refractivity contribution in [3.8, 4) is 5.69 Å². The zero-order chi connectivity index (χ0) is 21.3. The molecule has 0 aliphatic carbocycles. The Morgan fingerprint density at radius 1 is 1.00 bits per heavy atom. The molecule has 1 N–H and O–H groups in total. The zero-order valence-corrected chi connectivity index (χ0v) is 16.7. The van der Waals surface area contributed by atoms with Crippen LogP contribution in [0.4, 0.5) is 0 Å². The Morgan fingerprint density at radius 2 is 1.80 bits per heavy atom. The lowest BCUT2D eigenvalue weighted by molar-refractivity contribution is -0.121. The summed E-state index contributed by atoms with van der Waals surface area (Å²) in [6.45, 7) is 3.88. The quantitative estimate of drug-likeness (QED) is 0.555. The fourth-order valence-electron chi connectivity index (χ4n) is 3.36. The maximum absolute atomic E-state index is 13.3. The van der Waals surface area contributed by atoms with Crippen LogP contribution >= 0.6 is 0 Å². The summed E-state index contributed by atoms with van der Waals surface area (Å²) in [6, 6.07) is 15.7. The number of aromatic nitrogens is 2. The van der Waals surface area contributed by atoms with Crippen LogP contribution in [0.2, 0.25) is 0 Å². The number of aryl methyl sites for hydroxylation is 2. The molecule has 1 amide bonds. The topological polar surface area (TPSA) is 86.2 Å². The first-order valence-corrected chi connectivity index (χ1v) is 9.57. The van der Waals surface area contributed by atoms with Gasteiger partial charge in [-0.1, -0.05) is 18.2 Å². The van der Waals surface area contributed by atoms with E-state index in [4.69, 9.17) is 4.42 Å². The maximum Gasteiger partial charge on any atom is 0.336 e. The largest absolute Gasteiger partial charge is 0.467 e.